The molecule has 4 rings (SSSR count). The molecular weight excluding hydrogens is 424 g/mol. The Kier molecular flexibility index (Phi) is 6.01. The number of aliphatic carboxylic acids is 1. The summed E-state index contributed by atoms with van der Waals surface area (Å²) in [6.45, 7) is 0. The van der Waals surface area contributed by atoms with Crippen LogP contribution in [0.5, 0.6) is 0 Å². The fraction of sp³-hybridized carbons (Fsp3) is 0.429. The van der Waals surface area contributed by atoms with Crippen molar-refractivity contribution >= 4 is 35.5 Å². The van der Waals surface area contributed by atoms with Crippen molar-refractivity contribution < 1.29 is 33.8 Å². The van der Waals surface area contributed by atoms with Crippen LogP contribution in [0.25, 0.3) is 0 Å². The topological polar surface area (TPSA) is 122 Å². The van der Waals surface area contributed by atoms with Crippen LogP contribution in [0.1, 0.15) is 18.4 Å². The lowest BCUT2D eigenvalue weighted by Crippen LogP contribution is -2.70. The quantitative estimate of drug-likeness (QED) is 0.483. The number of nitrogens with zero attached hydrogens (tertiary/aromatic N) is 1. The number of nitrogens with one attached hydrogen (secondary N) is 1. The molecule has 0 spiro atoms. The van der Waals surface area contributed by atoms with Crippen LogP contribution in [0.3, 0.4) is 0 Å². The molecule has 2 unspecified atom stereocenters. The smallest absolute Gasteiger partial charge is 0.352 e. The third kappa shape index (κ3) is 4.05. The molecule has 0 radical (unpaired) electrons. The molecule has 2 N–H and O–H groups in total. The molecule has 2 amide bonds. The summed E-state index contributed by atoms with van der Waals surface area (Å²) in [4.78, 5) is 50.1. The number of hydrogen-bond acceptors (Lipinski definition) is 7. The average molecular weight is 446 g/mol. The van der Waals surface area contributed by atoms with Crippen molar-refractivity contribution in [3.05, 3.63) is 47.2 Å². The number of carbonyl (C=O) groups is 4. The van der Waals surface area contributed by atoms with Crippen LogP contribution < -0.4 is 5.32 Å². The summed E-state index contributed by atoms with van der Waals surface area (Å²) in [5.74, 6) is -2.15. The van der Waals surface area contributed by atoms with Crippen molar-refractivity contribution in [3.8, 4) is 0 Å². The maximum atomic E-state index is 12.8. The van der Waals surface area contributed by atoms with Gasteiger partial charge < -0.3 is 19.9 Å². The summed E-state index contributed by atoms with van der Waals surface area (Å²) in [5, 5.41) is 12.0. The van der Waals surface area contributed by atoms with E-state index in [0.717, 1.165) is 5.56 Å². The molecular formula is C21H22N2O7S. The van der Waals surface area contributed by atoms with E-state index in [9.17, 15) is 24.3 Å². The zero-order valence-electron chi connectivity index (χ0n) is 16.8. The minimum absolute atomic E-state index is 0.113. The number of methoxy groups -OCH3 is 1. The van der Waals surface area contributed by atoms with Crippen molar-refractivity contribution in [2.24, 2.45) is 0 Å². The van der Waals surface area contributed by atoms with Crippen molar-refractivity contribution in [3.63, 3.8) is 0 Å². The van der Waals surface area contributed by atoms with Crippen LogP contribution in [-0.2, 0) is 35.1 Å². The summed E-state index contributed by atoms with van der Waals surface area (Å²) in [6, 6.07) is 8.39. The Morgan fingerprint density at radius 1 is 1.26 bits per heavy atom. The van der Waals surface area contributed by atoms with Crippen molar-refractivity contribution in [1.82, 2.24) is 10.2 Å². The minimum Gasteiger partial charge on any atom is -0.477 e. The number of esters is 1. The Labute approximate surface area is 182 Å². The second kappa shape index (κ2) is 8.72. The number of ether oxygens (including phenoxy) is 2. The monoisotopic (exact) mass is 446 g/mol. The molecule has 3 heterocycles. The summed E-state index contributed by atoms with van der Waals surface area (Å²) in [5.41, 5.74) is 1.19. The van der Waals surface area contributed by atoms with E-state index in [4.69, 9.17) is 9.47 Å². The number of hydrogen-bond donors (Lipinski definition) is 2. The van der Waals surface area contributed by atoms with Gasteiger partial charge in [-0.1, -0.05) is 30.3 Å². The Balaban J connectivity index is 1.46. The molecule has 0 aliphatic carbocycles. The summed E-state index contributed by atoms with van der Waals surface area (Å²) in [6.07, 6.45) is -0.273. The summed E-state index contributed by atoms with van der Waals surface area (Å²) in [7, 11) is 1.27. The van der Waals surface area contributed by atoms with Gasteiger partial charge in [0.1, 0.15) is 17.1 Å². The highest BCUT2D eigenvalue weighted by molar-refractivity contribution is 8.00. The van der Waals surface area contributed by atoms with Gasteiger partial charge in [0.2, 0.25) is 5.91 Å². The van der Waals surface area contributed by atoms with Gasteiger partial charge in [-0.2, -0.15) is 0 Å². The standard InChI is InChI=1S/C21H22N2O7S/c1-29-21(28)14-8-7-13(30-14)12-10-31-19-16(18(25)23(19)17(12)20(26)27)22-15(24)9-11-5-3-2-4-6-11/h2-6,13-14,16,19H,7-10H2,1H3,(H,22,24)(H,26,27)/t13?,14?,16-,19-/m1/s1. The molecule has 2 fully saturated rings. The highest BCUT2D eigenvalue weighted by Gasteiger charge is 2.55. The number of rotatable bonds is 6. The number of carboxylic acid groups (broad SMARTS) is 1. The third-order valence-electron chi connectivity index (χ3n) is 5.60. The van der Waals surface area contributed by atoms with Crippen LogP contribution in [-0.4, -0.2) is 70.2 Å². The second-order valence-electron chi connectivity index (χ2n) is 7.51. The molecule has 4 atom stereocenters. The maximum absolute atomic E-state index is 12.8. The molecule has 0 saturated carbocycles. The average Bonchev–Trinajstić information content (AvgIpc) is 3.26. The van der Waals surface area contributed by atoms with E-state index in [0.29, 0.717) is 24.2 Å². The Hall–Kier alpha value is -2.85. The van der Waals surface area contributed by atoms with E-state index in [2.05, 4.69) is 5.32 Å². The first-order valence-corrected chi connectivity index (χ1v) is 10.9. The van der Waals surface area contributed by atoms with Crippen molar-refractivity contribution in [2.45, 2.75) is 42.9 Å². The van der Waals surface area contributed by atoms with Gasteiger partial charge in [0.15, 0.2) is 6.10 Å². The molecule has 3 aliphatic rings. The Morgan fingerprint density at radius 3 is 2.68 bits per heavy atom. The van der Waals surface area contributed by atoms with E-state index in [1.807, 2.05) is 30.3 Å². The summed E-state index contributed by atoms with van der Waals surface area (Å²) < 4.78 is 10.4. The van der Waals surface area contributed by atoms with Crippen LogP contribution in [0.4, 0.5) is 0 Å². The number of carbonyl (C=O) groups excluding carboxylic acids is 3. The van der Waals surface area contributed by atoms with Gasteiger partial charge in [0, 0.05) is 5.75 Å². The lowest BCUT2D eigenvalue weighted by molar-refractivity contribution is -0.153. The summed E-state index contributed by atoms with van der Waals surface area (Å²) >= 11 is 1.38. The predicted molar refractivity (Wildman–Crippen MR) is 110 cm³/mol. The number of fused-ring (bicyclic) bond motifs is 1. The molecule has 2 saturated heterocycles. The van der Waals surface area contributed by atoms with Crippen LogP contribution >= 0.6 is 11.8 Å². The van der Waals surface area contributed by atoms with Gasteiger partial charge in [-0.05, 0) is 24.0 Å². The first-order chi connectivity index (χ1) is 14.9. The van der Waals surface area contributed by atoms with Gasteiger partial charge >= 0.3 is 11.9 Å². The molecule has 3 aliphatic heterocycles. The highest BCUT2D eigenvalue weighted by atomic mass is 32.2. The lowest BCUT2D eigenvalue weighted by atomic mass is 9.99. The zero-order valence-corrected chi connectivity index (χ0v) is 17.6. The van der Waals surface area contributed by atoms with Gasteiger partial charge in [-0.15, -0.1) is 11.8 Å². The Morgan fingerprint density at radius 2 is 2.00 bits per heavy atom. The van der Waals surface area contributed by atoms with Crippen LogP contribution in [0.2, 0.25) is 0 Å². The SMILES string of the molecule is COC(=O)C1CCC(C2=C(C(=O)O)N3C(=O)[C@@H](NC(=O)Cc4ccccc4)[C@H]3SC2)O1. The lowest BCUT2D eigenvalue weighted by Gasteiger charge is -2.50. The van der Waals surface area contributed by atoms with Crippen LogP contribution in [0, 0.1) is 0 Å². The molecule has 0 aromatic heterocycles. The number of benzene rings is 1. The van der Waals surface area contributed by atoms with E-state index in [-0.39, 0.29) is 18.0 Å². The molecule has 164 valence electrons. The zero-order chi connectivity index (χ0) is 22.1. The first kappa shape index (κ1) is 21.4. The number of β-lactam (4-membered cyclic amide) rings is 1. The molecule has 31 heavy (non-hydrogen) atoms. The molecule has 1 aromatic carbocycles. The molecule has 10 heteroatoms. The van der Waals surface area contributed by atoms with E-state index < -0.39 is 41.5 Å². The number of amides is 2. The minimum atomic E-state index is -1.23. The van der Waals surface area contributed by atoms with Gasteiger partial charge in [-0.25, -0.2) is 9.59 Å². The van der Waals surface area contributed by atoms with Gasteiger partial charge in [0.25, 0.3) is 5.91 Å². The number of carboxylic acids is 1. The largest absolute Gasteiger partial charge is 0.477 e. The van der Waals surface area contributed by atoms with E-state index in [1.54, 1.807) is 0 Å². The van der Waals surface area contributed by atoms with E-state index in [1.165, 1.54) is 23.8 Å². The van der Waals surface area contributed by atoms with Crippen molar-refractivity contribution in [1.29, 1.82) is 0 Å². The van der Waals surface area contributed by atoms with Gasteiger partial charge in [-0.3, -0.25) is 14.5 Å². The fourth-order valence-electron chi connectivity index (χ4n) is 4.09. The Bertz CT molecular complexity index is 948. The molecule has 0 bridgehead atoms. The normalized spacial score (nSPS) is 27.4. The predicted octanol–water partition coefficient (Wildman–Crippen LogP) is 0.688. The molecule has 9 nitrogen and oxygen atoms in total. The second-order valence-corrected chi connectivity index (χ2v) is 8.62. The van der Waals surface area contributed by atoms with E-state index >= 15 is 0 Å². The number of thioether (sulfide) groups is 1. The molecule has 1 aromatic rings. The van der Waals surface area contributed by atoms with Gasteiger partial charge in [0.05, 0.1) is 19.6 Å². The fourth-order valence-corrected chi connectivity index (χ4v) is 5.50. The highest BCUT2D eigenvalue weighted by Crippen LogP contribution is 2.43. The maximum Gasteiger partial charge on any atom is 0.352 e. The third-order valence-corrected chi connectivity index (χ3v) is 6.90. The first-order valence-electron chi connectivity index (χ1n) is 9.88. The van der Waals surface area contributed by atoms with Crippen molar-refractivity contribution in [2.75, 3.05) is 12.9 Å². The van der Waals surface area contributed by atoms with Crippen LogP contribution in [0.15, 0.2) is 41.6 Å².